The van der Waals surface area contributed by atoms with Crippen LogP contribution in [0.1, 0.15) is 25.8 Å². The lowest BCUT2D eigenvalue weighted by molar-refractivity contribution is -0.140. The summed E-state index contributed by atoms with van der Waals surface area (Å²) in [6.07, 6.45) is 2.10. The molecule has 1 aromatic carbocycles. The van der Waals surface area contributed by atoms with Gasteiger partial charge in [-0.15, -0.1) is 0 Å². The third kappa shape index (κ3) is 5.42. The number of benzene rings is 1. The molecule has 5 nitrogen and oxygen atoms in total. The van der Waals surface area contributed by atoms with Gasteiger partial charge in [0.25, 0.3) is 0 Å². The minimum atomic E-state index is -0.927. The molecule has 0 radical (unpaired) electrons. The van der Waals surface area contributed by atoms with Gasteiger partial charge in [-0.1, -0.05) is 32.4 Å². The maximum absolute atomic E-state index is 11.5. The number of anilines is 1. The molecule has 1 aromatic rings. The lowest BCUT2D eigenvalue weighted by Gasteiger charge is -2.10. The number of amides is 2. The molecule has 19 heavy (non-hydrogen) atoms. The summed E-state index contributed by atoms with van der Waals surface area (Å²) in [6, 6.07) is 7.23. The van der Waals surface area contributed by atoms with E-state index in [0.29, 0.717) is 5.69 Å². The van der Waals surface area contributed by atoms with Gasteiger partial charge in [0.15, 0.2) is 0 Å². The van der Waals surface area contributed by atoms with Crippen LogP contribution in [0.4, 0.5) is 10.5 Å². The minimum Gasteiger partial charge on any atom is -0.481 e. The number of nitrogens with one attached hydrogen (secondary N) is 2. The summed E-state index contributed by atoms with van der Waals surface area (Å²) < 4.78 is 0. The van der Waals surface area contributed by atoms with Gasteiger partial charge in [-0.25, -0.2) is 4.79 Å². The highest BCUT2D eigenvalue weighted by atomic mass is 16.4. The van der Waals surface area contributed by atoms with Gasteiger partial charge in [0.05, 0.1) is 5.92 Å². The summed E-state index contributed by atoms with van der Waals surface area (Å²) in [5.41, 5.74) is 1.92. The van der Waals surface area contributed by atoms with Crippen molar-refractivity contribution in [3.63, 3.8) is 0 Å². The predicted octanol–water partition coefficient (Wildman–Crippen LogP) is 2.48. The Morgan fingerprint density at radius 3 is 2.42 bits per heavy atom. The molecule has 2 amide bonds. The van der Waals surface area contributed by atoms with Crippen molar-refractivity contribution in [2.45, 2.75) is 26.7 Å². The Morgan fingerprint density at radius 2 is 1.89 bits per heavy atom. The first-order valence-corrected chi connectivity index (χ1v) is 6.39. The molecule has 0 saturated heterocycles. The fourth-order valence-electron chi connectivity index (χ4n) is 1.55. The van der Waals surface area contributed by atoms with Gasteiger partial charge >= 0.3 is 12.0 Å². The van der Waals surface area contributed by atoms with Crippen LogP contribution < -0.4 is 10.6 Å². The van der Waals surface area contributed by atoms with Gasteiger partial charge in [0.2, 0.25) is 0 Å². The van der Waals surface area contributed by atoms with E-state index < -0.39 is 17.9 Å². The van der Waals surface area contributed by atoms with Gasteiger partial charge in [0, 0.05) is 12.2 Å². The van der Waals surface area contributed by atoms with Gasteiger partial charge in [-0.2, -0.15) is 0 Å². The summed E-state index contributed by atoms with van der Waals surface area (Å²) in [5.74, 6) is -1.53. The molecule has 104 valence electrons. The van der Waals surface area contributed by atoms with Crippen molar-refractivity contribution in [1.82, 2.24) is 5.32 Å². The van der Waals surface area contributed by atoms with Crippen LogP contribution in [0.3, 0.4) is 0 Å². The summed E-state index contributed by atoms with van der Waals surface area (Å²) in [6.45, 7) is 3.76. The average molecular weight is 264 g/mol. The van der Waals surface area contributed by atoms with E-state index >= 15 is 0 Å². The molecule has 0 aliphatic carbocycles. The zero-order valence-corrected chi connectivity index (χ0v) is 11.3. The molecule has 0 bridgehead atoms. The van der Waals surface area contributed by atoms with Crippen molar-refractivity contribution in [1.29, 1.82) is 0 Å². The lowest BCUT2D eigenvalue weighted by atomic mass is 10.1. The molecule has 1 unspecified atom stereocenters. The highest BCUT2D eigenvalue weighted by molar-refractivity contribution is 5.89. The molecular weight excluding hydrogens is 244 g/mol. The molecule has 0 heterocycles. The van der Waals surface area contributed by atoms with Crippen molar-refractivity contribution >= 4 is 17.7 Å². The number of urea groups is 1. The maximum atomic E-state index is 11.5. The second-order valence-electron chi connectivity index (χ2n) is 4.52. The number of rotatable bonds is 6. The Hall–Kier alpha value is -2.04. The van der Waals surface area contributed by atoms with Crippen LogP contribution in [-0.4, -0.2) is 23.7 Å². The van der Waals surface area contributed by atoms with E-state index in [2.05, 4.69) is 17.6 Å². The molecule has 0 aliphatic rings. The number of carboxylic acid groups (broad SMARTS) is 1. The molecule has 3 N–H and O–H groups in total. The van der Waals surface area contributed by atoms with Crippen molar-refractivity contribution in [2.75, 3.05) is 11.9 Å². The van der Waals surface area contributed by atoms with E-state index in [1.165, 1.54) is 5.56 Å². The molecule has 5 heteroatoms. The summed E-state index contributed by atoms with van der Waals surface area (Å²) in [5, 5.41) is 13.9. The molecule has 0 spiro atoms. The summed E-state index contributed by atoms with van der Waals surface area (Å²) >= 11 is 0. The fraction of sp³-hybridized carbons (Fsp3) is 0.429. The number of carbonyl (C=O) groups excluding carboxylic acids is 1. The van der Waals surface area contributed by atoms with Gasteiger partial charge < -0.3 is 15.7 Å². The largest absolute Gasteiger partial charge is 0.481 e. The average Bonchev–Trinajstić information content (AvgIpc) is 2.38. The Bertz CT molecular complexity index is 429. The Morgan fingerprint density at radius 1 is 1.26 bits per heavy atom. The van der Waals surface area contributed by atoms with E-state index in [1.807, 2.05) is 24.3 Å². The summed E-state index contributed by atoms with van der Waals surface area (Å²) in [7, 11) is 0. The van der Waals surface area contributed by atoms with Crippen LogP contribution in [0, 0.1) is 5.92 Å². The second-order valence-corrected chi connectivity index (χ2v) is 4.52. The zero-order chi connectivity index (χ0) is 14.3. The van der Waals surface area contributed by atoms with Crippen LogP contribution in [-0.2, 0) is 11.2 Å². The molecule has 1 rings (SSSR count). The molecule has 0 saturated carbocycles. The zero-order valence-electron chi connectivity index (χ0n) is 11.3. The van der Waals surface area contributed by atoms with Crippen LogP contribution in [0.15, 0.2) is 24.3 Å². The maximum Gasteiger partial charge on any atom is 0.319 e. The number of carboxylic acids is 1. The molecule has 0 fully saturated rings. The predicted molar refractivity (Wildman–Crippen MR) is 74.3 cm³/mol. The third-order valence-corrected chi connectivity index (χ3v) is 2.74. The smallest absolute Gasteiger partial charge is 0.319 e. The second kappa shape index (κ2) is 7.41. The molecule has 1 atom stereocenters. The van der Waals surface area contributed by atoms with Crippen LogP contribution >= 0.6 is 0 Å². The molecule has 0 aliphatic heterocycles. The quantitative estimate of drug-likeness (QED) is 0.738. The summed E-state index contributed by atoms with van der Waals surface area (Å²) in [4.78, 5) is 22.1. The topological polar surface area (TPSA) is 78.4 Å². The third-order valence-electron chi connectivity index (χ3n) is 2.74. The SMILES string of the molecule is CCCc1ccc(NC(=O)NCC(C)C(=O)O)cc1. The normalized spacial score (nSPS) is 11.7. The number of aliphatic carboxylic acids is 1. The Labute approximate surface area is 113 Å². The molecular formula is C14H20N2O3. The van der Waals surface area contributed by atoms with Crippen LogP contribution in [0.2, 0.25) is 0 Å². The van der Waals surface area contributed by atoms with Gasteiger partial charge in [0.1, 0.15) is 0 Å². The van der Waals surface area contributed by atoms with E-state index in [-0.39, 0.29) is 6.54 Å². The highest BCUT2D eigenvalue weighted by Gasteiger charge is 2.11. The standard InChI is InChI=1S/C14H20N2O3/c1-3-4-11-5-7-12(8-6-11)16-14(19)15-9-10(2)13(17)18/h5-8,10H,3-4,9H2,1-2H3,(H,17,18)(H2,15,16,19). The Balaban J connectivity index is 2.41. The number of hydrogen-bond donors (Lipinski definition) is 3. The van der Waals surface area contributed by atoms with E-state index in [1.54, 1.807) is 6.92 Å². The Kier molecular flexibility index (Phi) is 5.85. The highest BCUT2D eigenvalue weighted by Crippen LogP contribution is 2.10. The first kappa shape index (κ1) is 15.0. The van der Waals surface area contributed by atoms with Crippen LogP contribution in [0.5, 0.6) is 0 Å². The first-order chi connectivity index (χ1) is 9.02. The minimum absolute atomic E-state index is 0.106. The lowest BCUT2D eigenvalue weighted by Crippen LogP contribution is -2.34. The van der Waals surface area contributed by atoms with E-state index in [0.717, 1.165) is 12.8 Å². The van der Waals surface area contributed by atoms with Crippen molar-refractivity contribution in [2.24, 2.45) is 5.92 Å². The van der Waals surface area contributed by atoms with Crippen LogP contribution in [0.25, 0.3) is 0 Å². The van der Waals surface area contributed by atoms with E-state index in [9.17, 15) is 9.59 Å². The van der Waals surface area contributed by atoms with E-state index in [4.69, 9.17) is 5.11 Å². The van der Waals surface area contributed by atoms with Crippen molar-refractivity contribution in [3.05, 3.63) is 29.8 Å². The van der Waals surface area contributed by atoms with Crippen molar-refractivity contribution < 1.29 is 14.7 Å². The molecule has 0 aromatic heterocycles. The fourth-order valence-corrected chi connectivity index (χ4v) is 1.55. The number of aryl methyl sites for hydroxylation is 1. The monoisotopic (exact) mass is 264 g/mol. The van der Waals surface area contributed by atoms with Gasteiger partial charge in [-0.05, 0) is 24.1 Å². The van der Waals surface area contributed by atoms with Crippen molar-refractivity contribution in [3.8, 4) is 0 Å². The van der Waals surface area contributed by atoms with Gasteiger partial charge in [-0.3, -0.25) is 4.79 Å². The number of carbonyl (C=O) groups is 2. The number of hydrogen-bond acceptors (Lipinski definition) is 2. The first-order valence-electron chi connectivity index (χ1n) is 6.39.